The Bertz CT molecular complexity index is 733. The van der Waals surface area contributed by atoms with Gasteiger partial charge in [-0.1, -0.05) is 6.07 Å². The molecule has 1 atom stereocenters. The lowest BCUT2D eigenvalue weighted by Crippen LogP contribution is -2.20. The maximum absolute atomic E-state index is 11.9. The van der Waals surface area contributed by atoms with Crippen molar-refractivity contribution in [2.24, 2.45) is 0 Å². The minimum atomic E-state index is -2.99. The number of aldehydes is 1. The molecule has 2 aromatic heterocycles. The van der Waals surface area contributed by atoms with Crippen LogP contribution in [0.1, 0.15) is 29.2 Å². The van der Waals surface area contributed by atoms with E-state index in [4.69, 9.17) is 0 Å². The second kappa shape index (κ2) is 4.45. The van der Waals surface area contributed by atoms with E-state index >= 15 is 0 Å². The van der Waals surface area contributed by atoms with E-state index in [0.717, 1.165) is 18.2 Å². The molecule has 1 fully saturated rings. The molecule has 3 rings (SSSR count). The Morgan fingerprint density at radius 1 is 1.42 bits per heavy atom. The maximum Gasteiger partial charge on any atom is 0.166 e. The molecule has 0 bridgehead atoms. The Balaban J connectivity index is 2.04. The average Bonchev–Trinajstić information content (AvgIpc) is 2.94. The lowest BCUT2D eigenvalue weighted by atomic mass is 10.2. The predicted molar refractivity (Wildman–Crippen MR) is 71.1 cm³/mol. The van der Waals surface area contributed by atoms with Gasteiger partial charge in [0.05, 0.1) is 28.4 Å². The molecule has 2 aromatic rings. The molecule has 0 aromatic carbocycles. The van der Waals surface area contributed by atoms with Gasteiger partial charge in [0.2, 0.25) is 0 Å². The van der Waals surface area contributed by atoms with E-state index in [0.29, 0.717) is 24.4 Å². The zero-order valence-corrected chi connectivity index (χ0v) is 11.1. The molecular formula is C13H14N2O3S. The van der Waals surface area contributed by atoms with Crippen molar-refractivity contribution in [3.8, 4) is 0 Å². The zero-order valence-electron chi connectivity index (χ0n) is 10.3. The fourth-order valence-electron chi connectivity index (χ4n) is 2.67. The number of rotatable bonds is 3. The summed E-state index contributed by atoms with van der Waals surface area (Å²) in [6.45, 7) is 0. The van der Waals surface area contributed by atoms with Crippen LogP contribution < -0.4 is 0 Å². The molecule has 100 valence electrons. The van der Waals surface area contributed by atoms with Gasteiger partial charge in [0.15, 0.2) is 16.1 Å². The SMILES string of the molecule is O=Cc1cccc2cnc(CC3CCCS3(=O)=O)n12. The van der Waals surface area contributed by atoms with Gasteiger partial charge >= 0.3 is 0 Å². The molecule has 5 nitrogen and oxygen atoms in total. The second-order valence-corrected chi connectivity index (χ2v) is 7.24. The van der Waals surface area contributed by atoms with E-state index in [-0.39, 0.29) is 11.0 Å². The minimum absolute atomic E-state index is 0.265. The van der Waals surface area contributed by atoms with Crippen LogP contribution in [0.15, 0.2) is 24.4 Å². The molecule has 0 amide bonds. The van der Waals surface area contributed by atoms with Crippen molar-refractivity contribution in [1.82, 2.24) is 9.38 Å². The molecule has 0 spiro atoms. The van der Waals surface area contributed by atoms with E-state index in [1.165, 1.54) is 0 Å². The summed E-state index contributed by atoms with van der Waals surface area (Å²) in [5.41, 5.74) is 1.32. The van der Waals surface area contributed by atoms with Crippen molar-refractivity contribution in [2.45, 2.75) is 24.5 Å². The van der Waals surface area contributed by atoms with E-state index in [9.17, 15) is 13.2 Å². The van der Waals surface area contributed by atoms with Crippen LogP contribution in [0.2, 0.25) is 0 Å². The molecule has 1 aliphatic rings. The number of carbonyl (C=O) groups excluding carboxylic acids is 1. The number of carbonyl (C=O) groups is 1. The summed E-state index contributed by atoms with van der Waals surface area (Å²) >= 11 is 0. The molecule has 0 saturated carbocycles. The number of fused-ring (bicyclic) bond motifs is 1. The first-order valence-corrected chi connectivity index (χ1v) is 7.95. The van der Waals surface area contributed by atoms with E-state index in [2.05, 4.69) is 4.98 Å². The Morgan fingerprint density at radius 2 is 2.26 bits per heavy atom. The molecule has 1 unspecified atom stereocenters. The highest BCUT2D eigenvalue weighted by Crippen LogP contribution is 2.24. The van der Waals surface area contributed by atoms with Gasteiger partial charge in [-0.25, -0.2) is 13.4 Å². The summed E-state index contributed by atoms with van der Waals surface area (Å²) in [5, 5.41) is -0.363. The average molecular weight is 278 g/mol. The number of nitrogens with zero attached hydrogens (tertiary/aromatic N) is 2. The Kier molecular flexibility index (Phi) is 2.89. The van der Waals surface area contributed by atoms with Crippen molar-refractivity contribution >= 4 is 21.6 Å². The third kappa shape index (κ3) is 2.06. The monoisotopic (exact) mass is 278 g/mol. The second-order valence-electron chi connectivity index (χ2n) is 4.84. The number of imidazole rings is 1. The minimum Gasteiger partial charge on any atom is -0.296 e. The van der Waals surface area contributed by atoms with Gasteiger partial charge in [-0.05, 0) is 25.0 Å². The van der Waals surface area contributed by atoms with Gasteiger partial charge in [-0.2, -0.15) is 0 Å². The van der Waals surface area contributed by atoms with Gasteiger partial charge in [0.1, 0.15) is 5.82 Å². The van der Waals surface area contributed by atoms with Gasteiger partial charge in [-0.3, -0.25) is 9.20 Å². The van der Waals surface area contributed by atoms with Crippen LogP contribution in [0.3, 0.4) is 0 Å². The molecule has 1 aliphatic heterocycles. The first-order chi connectivity index (χ1) is 9.12. The van der Waals surface area contributed by atoms with Gasteiger partial charge in [0, 0.05) is 6.42 Å². The van der Waals surface area contributed by atoms with Gasteiger partial charge in [-0.15, -0.1) is 0 Å². The fraction of sp³-hybridized carbons (Fsp3) is 0.385. The van der Waals surface area contributed by atoms with Crippen LogP contribution in [-0.4, -0.2) is 35.1 Å². The quantitative estimate of drug-likeness (QED) is 0.793. The molecule has 6 heteroatoms. The largest absolute Gasteiger partial charge is 0.296 e. The Hall–Kier alpha value is -1.69. The van der Waals surface area contributed by atoms with E-state index in [1.54, 1.807) is 22.7 Å². The van der Waals surface area contributed by atoms with Crippen molar-refractivity contribution in [3.63, 3.8) is 0 Å². The van der Waals surface area contributed by atoms with Crippen LogP contribution in [0.25, 0.3) is 5.52 Å². The summed E-state index contributed by atoms with van der Waals surface area (Å²) in [6, 6.07) is 5.35. The Labute approximate surface area is 111 Å². The summed E-state index contributed by atoms with van der Waals surface area (Å²) in [7, 11) is -2.99. The highest BCUT2D eigenvalue weighted by atomic mass is 32.2. The topological polar surface area (TPSA) is 68.5 Å². The molecule has 3 heterocycles. The molecule has 1 saturated heterocycles. The number of hydrogen-bond acceptors (Lipinski definition) is 4. The normalized spacial score (nSPS) is 21.8. The third-order valence-corrected chi connectivity index (χ3v) is 5.92. The van der Waals surface area contributed by atoms with Crippen molar-refractivity contribution in [2.75, 3.05) is 5.75 Å². The van der Waals surface area contributed by atoms with E-state index < -0.39 is 9.84 Å². The molecular weight excluding hydrogens is 264 g/mol. The van der Waals surface area contributed by atoms with Crippen LogP contribution >= 0.6 is 0 Å². The molecule has 0 radical (unpaired) electrons. The van der Waals surface area contributed by atoms with E-state index in [1.807, 2.05) is 6.07 Å². The van der Waals surface area contributed by atoms with Crippen LogP contribution in [-0.2, 0) is 16.3 Å². The lowest BCUT2D eigenvalue weighted by Gasteiger charge is -2.09. The summed E-state index contributed by atoms with van der Waals surface area (Å²) in [6.07, 6.45) is 4.21. The van der Waals surface area contributed by atoms with Crippen LogP contribution in [0.5, 0.6) is 0 Å². The number of pyridine rings is 1. The summed E-state index contributed by atoms with van der Waals surface area (Å²) in [4.78, 5) is 15.3. The maximum atomic E-state index is 11.9. The van der Waals surface area contributed by atoms with Crippen molar-refractivity contribution in [3.05, 3.63) is 35.9 Å². The number of sulfone groups is 1. The van der Waals surface area contributed by atoms with Crippen LogP contribution in [0.4, 0.5) is 0 Å². The molecule has 0 aliphatic carbocycles. The van der Waals surface area contributed by atoms with Crippen molar-refractivity contribution < 1.29 is 13.2 Å². The molecule has 0 N–H and O–H groups in total. The first-order valence-electron chi connectivity index (χ1n) is 6.24. The highest BCUT2D eigenvalue weighted by molar-refractivity contribution is 7.92. The first kappa shape index (κ1) is 12.3. The number of aromatic nitrogens is 2. The summed E-state index contributed by atoms with van der Waals surface area (Å²) in [5.74, 6) is 0.912. The zero-order chi connectivity index (χ0) is 13.5. The van der Waals surface area contributed by atoms with Gasteiger partial charge in [0.25, 0.3) is 0 Å². The standard InChI is InChI=1S/C13H14N2O3S/c16-9-11-4-1-3-10-8-14-13(15(10)11)7-12-5-2-6-19(12,17)18/h1,3-4,8-9,12H,2,5-7H2. The highest BCUT2D eigenvalue weighted by Gasteiger charge is 2.32. The van der Waals surface area contributed by atoms with Gasteiger partial charge < -0.3 is 0 Å². The Morgan fingerprint density at radius 3 is 2.95 bits per heavy atom. The fourth-order valence-corrected chi connectivity index (χ4v) is 4.50. The van der Waals surface area contributed by atoms with Crippen molar-refractivity contribution in [1.29, 1.82) is 0 Å². The number of hydrogen-bond donors (Lipinski definition) is 0. The third-order valence-electron chi connectivity index (χ3n) is 3.65. The van der Waals surface area contributed by atoms with Crippen LogP contribution in [0, 0.1) is 0 Å². The predicted octanol–water partition coefficient (Wildman–Crippen LogP) is 1.27. The molecule has 19 heavy (non-hydrogen) atoms. The summed E-state index contributed by atoms with van der Waals surface area (Å²) < 4.78 is 25.5. The smallest absolute Gasteiger partial charge is 0.166 e. The lowest BCUT2D eigenvalue weighted by molar-refractivity contribution is 0.111.